The summed E-state index contributed by atoms with van der Waals surface area (Å²) in [7, 11) is 0. The lowest BCUT2D eigenvalue weighted by Crippen LogP contribution is -2.57. The molecule has 0 aliphatic heterocycles. The quantitative estimate of drug-likeness (QED) is 0.861. The number of ketones is 1. The summed E-state index contributed by atoms with van der Waals surface area (Å²) in [6, 6.07) is 7.63. The third-order valence-corrected chi connectivity index (χ3v) is 3.15. The molecule has 1 unspecified atom stereocenters. The molecule has 0 saturated carbocycles. The summed E-state index contributed by atoms with van der Waals surface area (Å²) in [4.78, 5) is 16.2. The van der Waals surface area contributed by atoms with Crippen LogP contribution < -0.4 is 5.73 Å². The third-order valence-electron chi connectivity index (χ3n) is 3.15. The SMILES string of the molecule is Cc1ccc2cc(C(=O)C(C)(N)C(F)(F)F)ccc2n1. The maximum absolute atomic E-state index is 12.8. The van der Waals surface area contributed by atoms with Crippen molar-refractivity contribution in [1.82, 2.24) is 4.98 Å². The second-order valence-corrected chi connectivity index (χ2v) is 4.89. The molecule has 3 nitrogen and oxygen atoms in total. The summed E-state index contributed by atoms with van der Waals surface area (Å²) in [5.74, 6) is -1.16. The van der Waals surface area contributed by atoms with Crippen LogP contribution in [0.5, 0.6) is 0 Å². The minimum Gasteiger partial charge on any atom is -0.311 e. The van der Waals surface area contributed by atoms with Crippen molar-refractivity contribution in [2.24, 2.45) is 5.73 Å². The Morgan fingerprint density at radius 2 is 1.85 bits per heavy atom. The Morgan fingerprint density at radius 3 is 2.45 bits per heavy atom. The minimum absolute atomic E-state index is 0.0783. The van der Waals surface area contributed by atoms with E-state index in [1.807, 2.05) is 0 Å². The topological polar surface area (TPSA) is 56.0 Å². The average molecular weight is 282 g/mol. The zero-order valence-electron chi connectivity index (χ0n) is 11.0. The molecule has 1 atom stereocenters. The Kier molecular flexibility index (Phi) is 3.29. The van der Waals surface area contributed by atoms with Crippen LogP contribution in [-0.2, 0) is 0 Å². The van der Waals surface area contributed by atoms with Crippen LogP contribution in [0.1, 0.15) is 23.0 Å². The van der Waals surface area contributed by atoms with Gasteiger partial charge in [-0.05, 0) is 38.1 Å². The van der Waals surface area contributed by atoms with Gasteiger partial charge in [0.05, 0.1) is 5.52 Å². The maximum Gasteiger partial charge on any atom is 0.413 e. The summed E-state index contributed by atoms with van der Waals surface area (Å²) in [6.45, 7) is 2.48. The zero-order chi connectivity index (χ0) is 15.1. The number of hydrogen-bond acceptors (Lipinski definition) is 3. The molecule has 2 rings (SSSR count). The Labute approximate surface area is 113 Å². The van der Waals surface area contributed by atoms with E-state index in [2.05, 4.69) is 4.98 Å². The van der Waals surface area contributed by atoms with E-state index in [-0.39, 0.29) is 5.56 Å². The van der Waals surface area contributed by atoms with E-state index in [0.717, 1.165) is 5.69 Å². The van der Waals surface area contributed by atoms with Gasteiger partial charge in [-0.1, -0.05) is 6.07 Å². The van der Waals surface area contributed by atoms with Gasteiger partial charge in [0.15, 0.2) is 11.3 Å². The van der Waals surface area contributed by atoms with Crippen LogP contribution in [0.3, 0.4) is 0 Å². The second-order valence-electron chi connectivity index (χ2n) is 4.89. The van der Waals surface area contributed by atoms with Crippen molar-refractivity contribution in [1.29, 1.82) is 0 Å². The molecule has 0 aliphatic carbocycles. The van der Waals surface area contributed by atoms with E-state index < -0.39 is 17.5 Å². The number of hydrogen-bond donors (Lipinski definition) is 1. The first-order valence-corrected chi connectivity index (χ1v) is 5.91. The molecule has 2 N–H and O–H groups in total. The van der Waals surface area contributed by atoms with Crippen molar-refractivity contribution >= 4 is 16.7 Å². The van der Waals surface area contributed by atoms with Gasteiger partial charge in [0, 0.05) is 16.6 Å². The van der Waals surface area contributed by atoms with Crippen LogP contribution in [0, 0.1) is 6.92 Å². The van der Waals surface area contributed by atoms with Crippen molar-refractivity contribution in [2.75, 3.05) is 0 Å². The number of fused-ring (bicyclic) bond motifs is 1. The molecule has 1 aromatic carbocycles. The standard InChI is InChI=1S/C14H13F3N2O/c1-8-3-4-9-7-10(5-6-11(9)19-8)12(20)13(2,18)14(15,16)17/h3-7H,18H2,1-2H3. The number of nitrogens with two attached hydrogens (primary N) is 1. The molecule has 0 fully saturated rings. The van der Waals surface area contributed by atoms with Gasteiger partial charge in [-0.3, -0.25) is 9.78 Å². The number of alkyl halides is 3. The van der Waals surface area contributed by atoms with Crippen LogP contribution in [0.4, 0.5) is 13.2 Å². The van der Waals surface area contributed by atoms with Crippen molar-refractivity contribution in [3.8, 4) is 0 Å². The molecule has 1 heterocycles. The fourth-order valence-corrected chi connectivity index (χ4v) is 1.80. The normalized spacial score (nSPS) is 15.1. The molecule has 1 aromatic heterocycles. The van der Waals surface area contributed by atoms with Crippen LogP contribution in [0.25, 0.3) is 10.9 Å². The van der Waals surface area contributed by atoms with Crippen LogP contribution in [0.15, 0.2) is 30.3 Å². The summed E-state index contributed by atoms with van der Waals surface area (Å²) >= 11 is 0. The molecule has 0 bridgehead atoms. The van der Waals surface area contributed by atoms with E-state index in [4.69, 9.17) is 5.73 Å². The molecule has 106 valence electrons. The molecule has 20 heavy (non-hydrogen) atoms. The van der Waals surface area contributed by atoms with Gasteiger partial charge in [0.1, 0.15) is 0 Å². The number of carbonyl (C=O) groups is 1. The van der Waals surface area contributed by atoms with Crippen molar-refractivity contribution in [3.63, 3.8) is 0 Å². The first-order chi connectivity index (χ1) is 9.13. The van der Waals surface area contributed by atoms with Crippen LogP contribution in [0.2, 0.25) is 0 Å². The van der Waals surface area contributed by atoms with Gasteiger partial charge in [-0.25, -0.2) is 0 Å². The molecule has 2 aromatic rings. The monoisotopic (exact) mass is 282 g/mol. The number of aromatic nitrogens is 1. The largest absolute Gasteiger partial charge is 0.413 e. The van der Waals surface area contributed by atoms with Crippen LogP contribution >= 0.6 is 0 Å². The Balaban J connectivity index is 2.49. The fourth-order valence-electron chi connectivity index (χ4n) is 1.80. The molecular formula is C14H13F3N2O. The Hall–Kier alpha value is -1.95. The number of benzene rings is 1. The van der Waals surface area contributed by atoms with E-state index in [1.54, 1.807) is 19.1 Å². The first kappa shape index (κ1) is 14.5. The molecule has 0 spiro atoms. The van der Waals surface area contributed by atoms with Gasteiger partial charge in [-0.15, -0.1) is 0 Å². The van der Waals surface area contributed by atoms with Crippen molar-refractivity contribution in [2.45, 2.75) is 25.6 Å². The minimum atomic E-state index is -4.80. The van der Waals surface area contributed by atoms with E-state index in [9.17, 15) is 18.0 Å². The number of aryl methyl sites for hydroxylation is 1. The summed E-state index contributed by atoms with van der Waals surface area (Å²) in [5.41, 5.74) is 3.57. The molecular weight excluding hydrogens is 269 g/mol. The van der Waals surface area contributed by atoms with E-state index in [0.29, 0.717) is 17.8 Å². The highest BCUT2D eigenvalue weighted by atomic mass is 19.4. The van der Waals surface area contributed by atoms with Crippen LogP contribution in [-0.4, -0.2) is 22.5 Å². The molecule has 0 radical (unpaired) electrons. The molecule has 0 aliphatic rings. The lowest BCUT2D eigenvalue weighted by Gasteiger charge is -2.26. The average Bonchev–Trinajstić information content (AvgIpc) is 2.35. The molecule has 0 saturated heterocycles. The van der Waals surface area contributed by atoms with Gasteiger partial charge in [-0.2, -0.15) is 13.2 Å². The zero-order valence-corrected chi connectivity index (χ0v) is 11.0. The molecule has 0 amide bonds. The summed E-state index contributed by atoms with van der Waals surface area (Å²) < 4.78 is 38.3. The van der Waals surface area contributed by atoms with Gasteiger partial charge in [0.2, 0.25) is 0 Å². The summed E-state index contributed by atoms with van der Waals surface area (Å²) in [6.07, 6.45) is -4.80. The lowest BCUT2D eigenvalue weighted by molar-refractivity contribution is -0.165. The number of Topliss-reactive ketones (excluding diaryl/α,β-unsaturated/α-hetero) is 1. The highest BCUT2D eigenvalue weighted by Gasteiger charge is 2.53. The predicted molar refractivity (Wildman–Crippen MR) is 69.5 cm³/mol. The number of pyridine rings is 1. The fraction of sp³-hybridized carbons (Fsp3) is 0.286. The van der Waals surface area contributed by atoms with Crippen molar-refractivity contribution in [3.05, 3.63) is 41.6 Å². The number of nitrogens with zero attached hydrogens (tertiary/aromatic N) is 1. The van der Waals surface area contributed by atoms with Gasteiger partial charge >= 0.3 is 6.18 Å². The van der Waals surface area contributed by atoms with E-state index >= 15 is 0 Å². The van der Waals surface area contributed by atoms with Crippen molar-refractivity contribution < 1.29 is 18.0 Å². The second kappa shape index (κ2) is 4.56. The first-order valence-electron chi connectivity index (χ1n) is 5.91. The van der Waals surface area contributed by atoms with E-state index in [1.165, 1.54) is 18.2 Å². The number of rotatable bonds is 2. The maximum atomic E-state index is 12.8. The molecule has 6 heteroatoms. The third kappa shape index (κ3) is 2.38. The highest BCUT2D eigenvalue weighted by molar-refractivity contribution is 6.05. The number of halogens is 3. The summed E-state index contributed by atoms with van der Waals surface area (Å²) in [5, 5.41) is 0.597. The van der Waals surface area contributed by atoms with Gasteiger partial charge < -0.3 is 5.73 Å². The lowest BCUT2D eigenvalue weighted by atomic mass is 9.91. The van der Waals surface area contributed by atoms with Gasteiger partial charge in [0.25, 0.3) is 0 Å². The predicted octanol–water partition coefficient (Wildman–Crippen LogP) is 3.01. The number of carbonyl (C=O) groups excluding carboxylic acids is 1. The Morgan fingerprint density at radius 1 is 1.20 bits per heavy atom. The highest BCUT2D eigenvalue weighted by Crippen LogP contribution is 2.31. The smallest absolute Gasteiger partial charge is 0.311 e. The Bertz CT molecular complexity index is 678.